The molecule has 0 spiro atoms. The highest BCUT2D eigenvalue weighted by atomic mass is 16.6. The lowest BCUT2D eigenvalue weighted by atomic mass is 10.0. The molecule has 160 valence electrons. The van der Waals surface area contributed by atoms with Crippen molar-refractivity contribution in [2.75, 3.05) is 18.6 Å². The van der Waals surface area contributed by atoms with Crippen LogP contribution in [0.5, 0.6) is 11.5 Å². The Balaban J connectivity index is 1.59. The molecule has 0 fully saturated rings. The van der Waals surface area contributed by atoms with Gasteiger partial charge in [-0.05, 0) is 66.4 Å². The molecule has 3 aromatic carbocycles. The summed E-state index contributed by atoms with van der Waals surface area (Å²) in [5.74, 6) is 0.778. The predicted octanol–water partition coefficient (Wildman–Crippen LogP) is 5.38. The van der Waals surface area contributed by atoms with Crippen molar-refractivity contribution in [2.24, 2.45) is 0 Å². The lowest BCUT2D eigenvalue weighted by Gasteiger charge is -2.18. The van der Waals surface area contributed by atoms with E-state index < -0.39 is 5.97 Å². The number of ether oxygens (including phenoxy) is 2. The van der Waals surface area contributed by atoms with Gasteiger partial charge in [0.05, 0.1) is 0 Å². The van der Waals surface area contributed by atoms with Crippen LogP contribution in [0.3, 0.4) is 0 Å². The Labute approximate surface area is 183 Å². The van der Waals surface area contributed by atoms with Crippen LogP contribution in [0.1, 0.15) is 41.3 Å². The molecule has 0 N–H and O–H groups in total. The molecule has 0 saturated heterocycles. The molecule has 0 saturated carbocycles. The molecule has 0 aliphatic rings. The standard InChI is InChI=1S/C26H27NO4/c1-18(2)23-15-10-19(3)16-24(23)30-17-25(28)31-22-13-11-21(12-14-22)27(4)26(29)20-8-6-5-7-9-20/h5-16,18H,17H2,1-4H3. The number of carbonyl (C=O) groups is 2. The minimum atomic E-state index is -0.488. The third kappa shape index (κ3) is 5.72. The summed E-state index contributed by atoms with van der Waals surface area (Å²) in [6.45, 7) is 5.96. The van der Waals surface area contributed by atoms with E-state index in [9.17, 15) is 9.59 Å². The zero-order valence-electron chi connectivity index (χ0n) is 18.3. The number of nitrogens with zero attached hydrogens (tertiary/aromatic N) is 1. The molecule has 0 atom stereocenters. The SMILES string of the molecule is Cc1ccc(C(C)C)c(OCC(=O)Oc2ccc(N(C)C(=O)c3ccccc3)cc2)c1. The van der Waals surface area contributed by atoms with E-state index in [1.807, 2.05) is 43.3 Å². The number of amides is 1. The second kappa shape index (κ2) is 9.94. The monoisotopic (exact) mass is 417 g/mol. The summed E-state index contributed by atoms with van der Waals surface area (Å²) in [7, 11) is 1.71. The number of anilines is 1. The van der Waals surface area contributed by atoms with Crippen LogP contribution >= 0.6 is 0 Å². The molecule has 0 radical (unpaired) electrons. The Morgan fingerprint density at radius 3 is 2.26 bits per heavy atom. The van der Waals surface area contributed by atoms with E-state index in [-0.39, 0.29) is 18.4 Å². The highest BCUT2D eigenvalue weighted by Gasteiger charge is 2.14. The quantitative estimate of drug-likeness (QED) is 0.383. The van der Waals surface area contributed by atoms with Gasteiger partial charge >= 0.3 is 5.97 Å². The first-order chi connectivity index (χ1) is 14.8. The maximum atomic E-state index is 12.6. The molecule has 3 rings (SSSR count). The van der Waals surface area contributed by atoms with Crippen molar-refractivity contribution in [2.45, 2.75) is 26.7 Å². The first kappa shape index (κ1) is 22.1. The van der Waals surface area contributed by atoms with Crippen LogP contribution in [-0.4, -0.2) is 25.5 Å². The molecule has 0 bridgehead atoms. The van der Waals surface area contributed by atoms with Gasteiger partial charge in [-0.2, -0.15) is 0 Å². The Hall–Kier alpha value is -3.60. The summed E-state index contributed by atoms with van der Waals surface area (Å²) in [6.07, 6.45) is 0. The number of carbonyl (C=O) groups excluding carboxylic acids is 2. The maximum absolute atomic E-state index is 12.6. The molecule has 1 amide bonds. The smallest absolute Gasteiger partial charge is 0.349 e. The van der Waals surface area contributed by atoms with E-state index in [0.29, 0.717) is 22.7 Å². The van der Waals surface area contributed by atoms with Crippen LogP contribution in [0.2, 0.25) is 0 Å². The topological polar surface area (TPSA) is 55.8 Å². The first-order valence-electron chi connectivity index (χ1n) is 10.2. The maximum Gasteiger partial charge on any atom is 0.349 e. The summed E-state index contributed by atoms with van der Waals surface area (Å²) in [5, 5.41) is 0. The van der Waals surface area contributed by atoms with Crippen LogP contribution < -0.4 is 14.4 Å². The molecule has 0 aromatic heterocycles. The van der Waals surface area contributed by atoms with Crippen molar-refractivity contribution in [1.29, 1.82) is 0 Å². The van der Waals surface area contributed by atoms with Gasteiger partial charge in [-0.25, -0.2) is 4.79 Å². The number of hydrogen-bond acceptors (Lipinski definition) is 4. The van der Waals surface area contributed by atoms with Gasteiger partial charge in [0, 0.05) is 18.3 Å². The first-order valence-corrected chi connectivity index (χ1v) is 10.2. The van der Waals surface area contributed by atoms with Crippen LogP contribution in [0.4, 0.5) is 5.69 Å². The molecule has 0 heterocycles. The van der Waals surface area contributed by atoms with E-state index >= 15 is 0 Å². The lowest BCUT2D eigenvalue weighted by molar-refractivity contribution is -0.136. The van der Waals surface area contributed by atoms with Crippen LogP contribution in [0, 0.1) is 6.92 Å². The number of aryl methyl sites for hydroxylation is 1. The van der Waals surface area contributed by atoms with Crippen molar-refractivity contribution >= 4 is 17.6 Å². The summed E-state index contributed by atoms with van der Waals surface area (Å²) in [4.78, 5) is 26.4. The fourth-order valence-electron chi connectivity index (χ4n) is 3.17. The summed E-state index contributed by atoms with van der Waals surface area (Å²) in [5.41, 5.74) is 3.42. The van der Waals surface area contributed by atoms with Crippen LogP contribution in [0.15, 0.2) is 72.8 Å². The second-order valence-electron chi connectivity index (χ2n) is 7.68. The van der Waals surface area contributed by atoms with Crippen molar-refractivity contribution in [3.63, 3.8) is 0 Å². The van der Waals surface area contributed by atoms with Crippen LogP contribution in [-0.2, 0) is 4.79 Å². The zero-order chi connectivity index (χ0) is 22.4. The Morgan fingerprint density at radius 1 is 0.935 bits per heavy atom. The number of rotatable bonds is 7. The van der Waals surface area contributed by atoms with Crippen molar-refractivity contribution in [1.82, 2.24) is 0 Å². The minimum Gasteiger partial charge on any atom is -0.482 e. The number of benzene rings is 3. The summed E-state index contributed by atoms with van der Waals surface area (Å²) in [6, 6.07) is 21.8. The van der Waals surface area contributed by atoms with Gasteiger partial charge in [-0.15, -0.1) is 0 Å². The minimum absolute atomic E-state index is 0.113. The molecule has 0 unspecified atom stereocenters. The molecule has 5 heteroatoms. The Bertz CT molecular complexity index is 1040. The van der Waals surface area contributed by atoms with Gasteiger partial charge in [0.15, 0.2) is 6.61 Å². The number of esters is 1. The van der Waals surface area contributed by atoms with Gasteiger partial charge in [-0.1, -0.05) is 44.2 Å². The normalized spacial score (nSPS) is 10.6. The van der Waals surface area contributed by atoms with Gasteiger partial charge < -0.3 is 14.4 Å². The van der Waals surface area contributed by atoms with E-state index in [1.54, 1.807) is 48.3 Å². The molecular weight excluding hydrogens is 390 g/mol. The average Bonchev–Trinajstić information content (AvgIpc) is 2.77. The second-order valence-corrected chi connectivity index (χ2v) is 7.68. The van der Waals surface area contributed by atoms with Crippen LogP contribution in [0.25, 0.3) is 0 Å². The third-order valence-corrected chi connectivity index (χ3v) is 4.92. The summed E-state index contributed by atoms with van der Waals surface area (Å²) >= 11 is 0. The molecular formula is C26H27NO4. The molecule has 3 aromatic rings. The van der Waals surface area contributed by atoms with Crippen molar-refractivity contribution in [3.8, 4) is 11.5 Å². The molecule has 0 aliphatic carbocycles. The Morgan fingerprint density at radius 2 is 1.61 bits per heavy atom. The highest BCUT2D eigenvalue weighted by molar-refractivity contribution is 6.05. The fraction of sp³-hybridized carbons (Fsp3) is 0.231. The third-order valence-electron chi connectivity index (χ3n) is 4.92. The largest absolute Gasteiger partial charge is 0.482 e. The van der Waals surface area contributed by atoms with Crippen molar-refractivity contribution < 1.29 is 19.1 Å². The van der Waals surface area contributed by atoms with Crippen molar-refractivity contribution in [3.05, 3.63) is 89.5 Å². The molecule has 5 nitrogen and oxygen atoms in total. The predicted molar refractivity (Wildman–Crippen MR) is 122 cm³/mol. The van der Waals surface area contributed by atoms with E-state index in [0.717, 1.165) is 11.1 Å². The zero-order valence-corrected chi connectivity index (χ0v) is 18.3. The Kier molecular flexibility index (Phi) is 7.08. The molecule has 0 aliphatic heterocycles. The number of hydrogen-bond donors (Lipinski definition) is 0. The lowest BCUT2D eigenvalue weighted by Crippen LogP contribution is -2.26. The highest BCUT2D eigenvalue weighted by Crippen LogP contribution is 2.27. The van der Waals surface area contributed by atoms with E-state index in [2.05, 4.69) is 13.8 Å². The van der Waals surface area contributed by atoms with Gasteiger partial charge in [-0.3, -0.25) is 4.79 Å². The van der Waals surface area contributed by atoms with E-state index in [1.165, 1.54) is 0 Å². The van der Waals surface area contributed by atoms with Gasteiger partial charge in [0.1, 0.15) is 11.5 Å². The molecule has 31 heavy (non-hydrogen) atoms. The van der Waals surface area contributed by atoms with Gasteiger partial charge in [0.2, 0.25) is 0 Å². The summed E-state index contributed by atoms with van der Waals surface area (Å²) < 4.78 is 11.1. The fourth-order valence-corrected chi connectivity index (χ4v) is 3.17. The average molecular weight is 418 g/mol. The van der Waals surface area contributed by atoms with Gasteiger partial charge in [0.25, 0.3) is 5.91 Å². The van der Waals surface area contributed by atoms with E-state index in [4.69, 9.17) is 9.47 Å².